The number of carbonyl (C=O) groups is 1. The standard InChI is InChI=1S/C31H24FN5O/c32-22-7-2-6-20(12-22)24-8-3-9-27-25(24)15-29(35-27)30-26-14-19(10-11-28(26)36-37-30)21-13-23(17-33-16-21)34-31(38)18-4-1-5-18/h2-3,6-18,35H,1,4-5H2,(H,34,38)(H,36,37). The third-order valence-electron chi connectivity index (χ3n) is 7.43. The van der Waals surface area contributed by atoms with Crippen LogP contribution in [0.4, 0.5) is 10.1 Å². The zero-order valence-electron chi connectivity index (χ0n) is 20.5. The number of hydrogen-bond donors (Lipinski definition) is 3. The van der Waals surface area contributed by atoms with Crippen LogP contribution in [0.5, 0.6) is 0 Å². The van der Waals surface area contributed by atoms with Crippen LogP contribution in [0, 0.1) is 11.7 Å². The summed E-state index contributed by atoms with van der Waals surface area (Å²) in [5.74, 6) is -0.0809. The smallest absolute Gasteiger partial charge is 0.227 e. The van der Waals surface area contributed by atoms with Crippen LogP contribution in [-0.4, -0.2) is 26.1 Å². The van der Waals surface area contributed by atoms with Gasteiger partial charge in [0.05, 0.1) is 23.1 Å². The first kappa shape index (κ1) is 22.4. The fourth-order valence-corrected chi connectivity index (χ4v) is 5.17. The zero-order chi connectivity index (χ0) is 25.6. The average Bonchev–Trinajstić information content (AvgIpc) is 3.51. The molecule has 38 heavy (non-hydrogen) atoms. The summed E-state index contributed by atoms with van der Waals surface area (Å²) in [6.07, 6.45) is 6.51. The molecule has 3 aromatic heterocycles. The van der Waals surface area contributed by atoms with Crippen LogP contribution >= 0.6 is 0 Å². The van der Waals surface area contributed by atoms with E-state index in [0.717, 1.165) is 74.7 Å². The summed E-state index contributed by atoms with van der Waals surface area (Å²) in [5, 5.41) is 12.7. The van der Waals surface area contributed by atoms with Crippen LogP contribution in [0.1, 0.15) is 19.3 Å². The van der Waals surface area contributed by atoms with Crippen LogP contribution in [0.15, 0.2) is 85.2 Å². The summed E-state index contributed by atoms with van der Waals surface area (Å²) >= 11 is 0. The number of hydrogen-bond acceptors (Lipinski definition) is 3. The van der Waals surface area contributed by atoms with Crippen molar-refractivity contribution in [2.45, 2.75) is 19.3 Å². The second kappa shape index (κ2) is 8.95. The van der Waals surface area contributed by atoms with Crippen molar-refractivity contribution in [2.75, 3.05) is 5.32 Å². The lowest BCUT2D eigenvalue weighted by Crippen LogP contribution is -2.28. The summed E-state index contributed by atoms with van der Waals surface area (Å²) < 4.78 is 13.9. The van der Waals surface area contributed by atoms with E-state index in [1.807, 2.05) is 42.5 Å². The van der Waals surface area contributed by atoms with E-state index in [0.29, 0.717) is 5.69 Å². The summed E-state index contributed by atoms with van der Waals surface area (Å²) in [5.41, 5.74) is 7.90. The van der Waals surface area contributed by atoms with Gasteiger partial charge in [0.25, 0.3) is 0 Å². The number of fused-ring (bicyclic) bond motifs is 2. The number of benzene rings is 3. The number of aromatic amines is 2. The molecule has 0 spiro atoms. The van der Waals surface area contributed by atoms with E-state index in [9.17, 15) is 9.18 Å². The first-order valence-corrected chi connectivity index (χ1v) is 12.7. The highest BCUT2D eigenvalue weighted by Crippen LogP contribution is 2.36. The molecule has 7 heteroatoms. The molecule has 186 valence electrons. The van der Waals surface area contributed by atoms with Crippen molar-refractivity contribution >= 4 is 33.4 Å². The van der Waals surface area contributed by atoms with E-state index in [1.54, 1.807) is 24.5 Å². The Kier molecular flexibility index (Phi) is 5.28. The molecule has 0 radical (unpaired) electrons. The molecular formula is C31H24FN5O. The van der Waals surface area contributed by atoms with Gasteiger partial charge in [-0.25, -0.2) is 4.39 Å². The van der Waals surface area contributed by atoms with Gasteiger partial charge in [-0.3, -0.25) is 14.9 Å². The zero-order valence-corrected chi connectivity index (χ0v) is 20.5. The van der Waals surface area contributed by atoms with Crippen LogP contribution < -0.4 is 5.32 Å². The Bertz CT molecular complexity index is 1830. The Morgan fingerprint density at radius 3 is 2.61 bits per heavy atom. The molecule has 3 aromatic carbocycles. The van der Waals surface area contributed by atoms with Crippen molar-refractivity contribution < 1.29 is 9.18 Å². The molecule has 3 N–H and O–H groups in total. The molecule has 1 amide bonds. The maximum atomic E-state index is 13.9. The van der Waals surface area contributed by atoms with Gasteiger partial charge in [0, 0.05) is 34.0 Å². The van der Waals surface area contributed by atoms with E-state index in [4.69, 9.17) is 0 Å². The molecule has 6 aromatic rings. The minimum absolute atomic E-state index is 0.0687. The van der Waals surface area contributed by atoms with Gasteiger partial charge >= 0.3 is 0 Å². The van der Waals surface area contributed by atoms with E-state index >= 15 is 0 Å². The number of carbonyl (C=O) groups excluding carboxylic acids is 1. The molecule has 0 bridgehead atoms. The van der Waals surface area contributed by atoms with E-state index in [-0.39, 0.29) is 17.6 Å². The van der Waals surface area contributed by atoms with Gasteiger partial charge in [-0.2, -0.15) is 5.10 Å². The predicted molar refractivity (Wildman–Crippen MR) is 148 cm³/mol. The first-order chi connectivity index (χ1) is 18.6. The molecule has 1 fully saturated rings. The van der Waals surface area contributed by atoms with E-state index < -0.39 is 0 Å². The van der Waals surface area contributed by atoms with Gasteiger partial charge in [-0.1, -0.05) is 36.8 Å². The van der Waals surface area contributed by atoms with Crippen molar-refractivity contribution in [1.29, 1.82) is 0 Å². The molecule has 0 saturated heterocycles. The minimum atomic E-state index is -0.262. The quantitative estimate of drug-likeness (QED) is 0.231. The van der Waals surface area contributed by atoms with Crippen LogP contribution in [0.3, 0.4) is 0 Å². The molecule has 1 aliphatic carbocycles. The van der Waals surface area contributed by atoms with Crippen LogP contribution in [0.25, 0.3) is 55.4 Å². The Morgan fingerprint density at radius 1 is 0.868 bits per heavy atom. The highest BCUT2D eigenvalue weighted by atomic mass is 19.1. The van der Waals surface area contributed by atoms with Gasteiger partial charge in [0.1, 0.15) is 11.5 Å². The third kappa shape index (κ3) is 3.93. The third-order valence-corrected chi connectivity index (χ3v) is 7.43. The number of nitrogens with one attached hydrogen (secondary N) is 3. The molecule has 6 nitrogen and oxygen atoms in total. The van der Waals surface area contributed by atoms with Crippen molar-refractivity contribution in [3.05, 3.63) is 91.0 Å². The first-order valence-electron chi connectivity index (χ1n) is 12.7. The van der Waals surface area contributed by atoms with Crippen molar-refractivity contribution in [3.8, 4) is 33.6 Å². The SMILES string of the molecule is O=C(Nc1cncc(-c2ccc3[nH]nc(-c4cc5c(-c6cccc(F)c6)cccc5[nH]4)c3c2)c1)C1CCC1. The second-order valence-corrected chi connectivity index (χ2v) is 9.87. The van der Waals surface area contributed by atoms with Gasteiger partial charge in [0.2, 0.25) is 5.91 Å². The van der Waals surface area contributed by atoms with Crippen molar-refractivity contribution in [2.24, 2.45) is 5.92 Å². The lowest BCUT2D eigenvalue weighted by atomic mass is 9.85. The number of halogens is 1. The molecule has 0 aliphatic heterocycles. The second-order valence-electron chi connectivity index (χ2n) is 9.87. The average molecular weight is 502 g/mol. The molecule has 0 unspecified atom stereocenters. The van der Waals surface area contributed by atoms with Gasteiger partial charge in [0.15, 0.2) is 0 Å². The van der Waals surface area contributed by atoms with Crippen LogP contribution in [-0.2, 0) is 4.79 Å². The highest BCUT2D eigenvalue weighted by Gasteiger charge is 2.25. The lowest BCUT2D eigenvalue weighted by Gasteiger charge is -2.24. The van der Waals surface area contributed by atoms with Crippen molar-refractivity contribution in [1.82, 2.24) is 20.2 Å². The number of aromatic nitrogens is 4. The largest absolute Gasteiger partial charge is 0.353 e. The molecule has 0 atom stereocenters. The normalized spacial score (nSPS) is 13.6. The lowest BCUT2D eigenvalue weighted by molar-refractivity contribution is -0.122. The molecule has 3 heterocycles. The maximum absolute atomic E-state index is 13.9. The highest BCUT2D eigenvalue weighted by molar-refractivity contribution is 6.02. The number of anilines is 1. The van der Waals surface area contributed by atoms with Crippen LogP contribution in [0.2, 0.25) is 0 Å². The Hall–Kier alpha value is -4.78. The monoisotopic (exact) mass is 501 g/mol. The molecule has 7 rings (SSSR count). The summed E-state index contributed by atoms with van der Waals surface area (Å²) in [6.45, 7) is 0. The van der Waals surface area contributed by atoms with Gasteiger partial charge in [-0.15, -0.1) is 0 Å². The Morgan fingerprint density at radius 2 is 1.76 bits per heavy atom. The number of pyridine rings is 1. The van der Waals surface area contributed by atoms with E-state index in [1.165, 1.54) is 6.07 Å². The Labute approximate surface area is 217 Å². The summed E-state index contributed by atoms with van der Waals surface area (Å²) in [4.78, 5) is 20.3. The Balaban J connectivity index is 1.26. The molecular weight excluding hydrogens is 477 g/mol. The minimum Gasteiger partial charge on any atom is -0.353 e. The maximum Gasteiger partial charge on any atom is 0.227 e. The fourth-order valence-electron chi connectivity index (χ4n) is 5.17. The van der Waals surface area contributed by atoms with Gasteiger partial charge < -0.3 is 10.3 Å². The summed E-state index contributed by atoms with van der Waals surface area (Å²) in [7, 11) is 0. The topological polar surface area (TPSA) is 86.5 Å². The number of amides is 1. The van der Waals surface area contributed by atoms with E-state index in [2.05, 4.69) is 37.6 Å². The number of nitrogens with zero attached hydrogens (tertiary/aromatic N) is 2. The van der Waals surface area contributed by atoms with Crippen molar-refractivity contribution in [3.63, 3.8) is 0 Å². The molecule has 1 saturated carbocycles. The van der Waals surface area contributed by atoms with Gasteiger partial charge in [-0.05, 0) is 72.0 Å². The number of rotatable bonds is 5. The molecule has 1 aliphatic rings. The number of H-pyrrole nitrogens is 2. The fraction of sp³-hybridized carbons (Fsp3) is 0.129. The predicted octanol–water partition coefficient (Wildman–Crippen LogP) is 7.32. The summed E-state index contributed by atoms with van der Waals surface area (Å²) in [6, 6.07) is 22.7.